The van der Waals surface area contributed by atoms with Gasteiger partial charge in [0.1, 0.15) is 5.56 Å². The first-order valence-corrected chi connectivity index (χ1v) is 9.06. The second kappa shape index (κ2) is 12.3. The largest absolute Gasteiger partial charge is 0.449 e. The van der Waals surface area contributed by atoms with Crippen LogP contribution in [0, 0.1) is 40.9 Å². The van der Waals surface area contributed by atoms with Gasteiger partial charge in [-0.25, -0.2) is 26.7 Å². The van der Waals surface area contributed by atoms with E-state index in [1.54, 1.807) is 0 Å². The maximum atomic E-state index is 13.4. The molecule has 0 saturated carbocycles. The molecule has 0 heterocycles. The Morgan fingerprint density at radius 2 is 1.22 bits per heavy atom. The summed E-state index contributed by atoms with van der Waals surface area (Å²) in [5.41, 5.74) is -1.61. The third-order valence-electron chi connectivity index (χ3n) is 3.97. The molecule has 0 N–H and O–H groups in total. The summed E-state index contributed by atoms with van der Waals surface area (Å²) >= 11 is 0. The van der Waals surface area contributed by atoms with Crippen LogP contribution in [0.1, 0.15) is 75.1 Å². The van der Waals surface area contributed by atoms with Crippen molar-refractivity contribution in [3.8, 4) is 11.8 Å². The number of esters is 1. The van der Waals surface area contributed by atoms with E-state index in [0.717, 1.165) is 19.3 Å². The lowest BCUT2D eigenvalue weighted by Crippen LogP contribution is -2.15. The topological polar surface area (TPSA) is 26.3 Å². The molecule has 0 atom stereocenters. The Balaban J connectivity index is 2.34. The molecule has 1 aromatic carbocycles. The van der Waals surface area contributed by atoms with Gasteiger partial charge in [0.2, 0.25) is 5.82 Å². The van der Waals surface area contributed by atoms with Gasteiger partial charge in [0.25, 0.3) is 0 Å². The van der Waals surface area contributed by atoms with Gasteiger partial charge in [-0.15, -0.1) is 0 Å². The van der Waals surface area contributed by atoms with Crippen LogP contribution in [0.4, 0.5) is 22.0 Å². The van der Waals surface area contributed by atoms with E-state index in [1.807, 2.05) is 0 Å². The van der Waals surface area contributed by atoms with E-state index >= 15 is 0 Å². The summed E-state index contributed by atoms with van der Waals surface area (Å²) in [6, 6.07) is 0. The van der Waals surface area contributed by atoms with Crippen molar-refractivity contribution >= 4 is 5.97 Å². The highest BCUT2D eigenvalue weighted by molar-refractivity contribution is 5.90. The Morgan fingerprint density at radius 1 is 0.741 bits per heavy atom. The number of halogens is 5. The molecule has 0 aromatic heterocycles. The summed E-state index contributed by atoms with van der Waals surface area (Å²) in [5, 5.41) is 0. The lowest BCUT2D eigenvalue weighted by Gasteiger charge is -2.06. The van der Waals surface area contributed by atoms with E-state index in [2.05, 4.69) is 23.5 Å². The fraction of sp³-hybridized carbons (Fsp3) is 0.550. The van der Waals surface area contributed by atoms with Crippen molar-refractivity contribution in [2.75, 3.05) is 6.61 Å². The minimum Gasteiger partial charge on any atom is -0.449 e. The Hall–Kier alpha value is -2.10. The lowest BCUT2D eigenvalue weighted by molar-refractivity contribution is 0.0542. The zero-order valence-electron chi connectivity index (χ0n) is 15.3. The fourth-order valence-electron chi connectivity index (χ4n) is 2.44. The number of benzene rings is 1. The van der Waals surface area contributed by atoms with E-state index in [0.29, 0.717) is 6.42 Å². The molecule has 1 rings (SSSR count). The highest BCUT2D eigenvalue weighted by atomic mass is 19.2. The van der Waals surface area contributed by atoms with Crippen LogP contribution >= 0.6 is 0 Å². The Labute approximate surface area is 156 Å². The minimum absolute atomic E-state index is 0.491. The SMILES string of the molecule is CCCCCCCCCCC#CCOC(=O)c1c(F)c(F)c(F)c(F)c1F. The Bertz CT molecular complexity index is 663. The van der Waals surface area contributed by atoms with Gasteiger partial charge in [0.05, 0.1) is 0 Å². The molecule has 2 nitrogen and oxygen atoms in total. The Morgan fingerprint density at radius 3 is 1.78 bits per heavy atom. The van der Waals surface area contributed by atoms with Gasteiger partial charge in [-0.05, 0) is 6.42 Å². The van der Waals surface area contributed by atoms with Crippen molar-refractivity contribution in [2.45, 2.75) is 64.7 Å². The number of carbonyl (C=O) groups is 1. The number of rotatable bonds is 10. The molecule has 7 heteroatoms. The van der Waals surface area contributed by atoms with E-state index in [1.165, 1.54) is 32.1 Å². The molecule has 0 fully saturated rings. The van der Waals surface area contributed by atoms with Crippen LogP contribution in [0.25, 0.3) is 0 Å². The van der Waals surface area contributed by atoms with Gasteiger partial charge >= 0.3 is 5.97 Å². The third-order valence-corrected chi connectivity index (χ3v) is 3.97. The van der Waals surface area contributed by atoms with E-state index < -0.39 is 47.2 Å². The monoisotopic (exact) mass is 390 g/mol. The second-order valence-electron chi connectivity index (χ2n) is 6.10. The van der Waals surface area contributed by atoms with Crippen molar-refractivity contribution in [2.24, 2.45) is 0 Å². The quantitative estimate of drug-likeness (QED) is 0.121. The van der Waals surface area contributed by atoms with Gasteiger partial charge in [-0.3, -0.25) is 0 Å². The molecule has 0 saturated heterocycles. The molecule has 0 aliphatic heterocycles. The standard InChI is InChI=1S/C20H23F5O2/c1-2-3-4-5-6-7-8-9-10-11-12-13-27-20(26)14-15(21)17(23)19(25)18(24)16(14)22/h2-10,13H2,1H3. The van der Waals surface area contributed by atoms with Crippen LogP contribution in [-0.2, 0) is 4.74 Å². The predicted molar refractivity (Wildman–Crippen MR) is 91.5 cm³/mol. The minimum atomic E-state index is -2.33. The molecule has 0 bridgehead atoms. The van der Waals surface area contributed by atoms with Crippen LogP contribution in [0.2, 0.25) is 0 Å². The average molecular weight is 390 g/mol. The summed E-state index contributed by atoms with van der Waals surface area (Å²) < 4.78 is 70.4. The van der Waals surface area contributed by atoms with Crippen molar-refractivity contribution < 1.29 is 31.5 Å². The van der Waals surface area contributed by atoms with Gasteiger partial charge < -0.3 is 4.74 Å². The van der Waals surface area contributed by atoms with Crippen molar-refractivity contribution in [3.05, 3.63) is 34.6 Å². The molecular formula is C20H23F5O2. The summed E-state index contributed by atoms with van der Waals surface area (Å²) in [5.74, 6) is -7.57. The summed E-state index contributed by atoms with van der Waals surface area (Å²) in [7, 11) is 0. The van der Waals surface area contributed by atoms with Crippen LogP contribution in [0.5, 0.6) is 0 Å². The first-order chi connectivity index (χ1) is 12.9. The molecule has 1 aromatic rings. The van der Waals surface area contributed by atoms with Gasteiger partial charge in [0.15, 0.2) is 29.9 Å². The van der Waals surface area contributed by atoms with Crippen LogP contribution in [0.3, 0.4) is 0 Å². The summed E-state index contributed by atoms with van der Waals surface area (Å²) in [6.07, 6.45) is 9.76. The van der Waals surface area contributed by atoms with Gasteiger partial charge in [0, 0.05) is 6.42 Å². The van der Waals surface area contributed by atoms with Gasteiger partial charge in [-0.2, -0.15) is 0 Å². The van der Waals surface area contributed by atoms with Crippen LogP contribution < -0.4 is 0 Å². The number of hydrogen-bond acceptors (Lipinski definition) is 2. The molecular weight excluding hydrogens is 367 g/mol. The molecule has 0 aliphatic rings. The van der Waals surface area contributed by atoms with E-state index in [9.17, 15) is 26.7 Å². The predicted octanol–water partition coefficient (Wildman–Crippen LogP) is 6.07. The lowest BCUT2D eigenvalue weighted by atomic mass is 10.1. The first kappa shape index (κ1) is 22.9. The molecule has 0 spiro atoms. The third kappa shape index (κ3) is 7.20. The molecule has 0 amide bonds. The zero-order valence-corrected chi connectivity index (χ0v) is 15.3. The highest BCUT2D eigenvalue weighted by Crippen LogP contribution is 2.23. The van der Waals surface area contributed by atoms with Crippen molar-refractivity contribution in [1.82, 2.24) is 0 Å². The van der Waals surface area contributed by atoms with Crippen molar-refractivity contribution in [1.29, 1.82) is 0 Å². The van der Waals surface area contributed by atoms with E-state index in [4.69, 9.17) is 0 Å². The maximum absolute atomic E-state index is 13.4. The normalized spacial score (nSPS) is 10.4. The highest BCUT2D eigenvalue weighted by Gasteiger charge is 2.30. The smallest absolute Gasteiger partial charge is 0.345 e. The molecule has 0 unspecified atom stereocenters. The van der Waals surface area contributed by atoms with E-state index in [-0.39, 0.29) is 0 Å². The first-order valence-electron chi connectivity index (χ1n) is 9.06. The fourth-order valence-corrected chi connectivity index (χ4v) is 2.44. The number of unbranched alkanes of at least 4 members (excludes halogenated alkanes) is 8. The molecule has 27 heavy (non-hydrogen) atoms. The number of ether oxygens (including phenoxy) is 1. The zero-order chi connectivity index (χ0) is 20.2. The van der Waals surface area contributed by atoms with Crippen LogP contribution in [0.15, 0.2) is 0 Å². The number of carbonyl (C=O) groups excluding carboxylic acids is 1. The summed E-state index contributed by atoms with van der Waals surface area (Å²) in [4.78, 5) is 11.6. The van der Waals surface area contributed by atoms with Gasteiger partial charge in [-0.1, -0.05) is 63.7 Å². The summed E-state index contributed by atoms with van der Waals surface area (Å²) in [6.45, 7) is 1.68. The average Bonchev–Trinajstić information content (AvgIpc) is 2.65. The number of hydrogen-bond donors (Lipinski definition) is 0. The molecule has 0 aliphatic carbocycles. The molecule has 0 radical (unpaired) electrons. The second-order valence-corrected chi connectivity index (χ2v) is 6.10. The molecule has 150 valence electrons. The maximum Gasteiger partial charge on any atom is 0.345 e. The van der Waals surface area contributed by atoms with Crippen molar-refractivity contribution in [3.63, 3.8) is 0 Å². The Kier molecular flexibility index (Phi) is 10.5. The van der Waals surface area contributed by atoms with Crippen LogP contribution in [-0.4, -0.2) is 12.6 Å².